The Morgan fingerprint density at radius 3 is 1.77 bits per heavy atom. The highest BCUT2D eigenvalue weighted by Gasteiger charge is 2.73. The molecule has 1 atom stereocenters. The van der Waals surface area contributed by atoms with Crippen LogP contribution in [0, 0.1) is 13.8 Å². The Bertz CT molecular complexity index is 1550. The topological polar surface area (TPSA) is 84.0 Å². The van der Waals surface area contributed by atoms with Crippen LogP contribution in [0.2, 0.25) is 0 Å². The molecule has 0 aromatic heterocycles. The molecule has 0 N–H and O–H groups in total. The van der Waals surface area contributed by atoms with Gasteiger partial charge in [-0.15, -0.1) is 0 Å². The Labute approximate surface area is 243 Å². The molecule has 0 bridgehead atoms. The van der Waals surface area contributed by atoms with E-state index in [4.69, 9.17) is 4.18 Å². The van der Waals surface area contributed by atoms with E-state index in [2.05, 4.69) is 0 Å². The zero-order chi connectivity index (χ0) is 32.5. The van der Waals surface area contributed by atoms with E-state index in [1.54, 1.807) is 18.2 Å². The minimum atomic E-state index is -6.31. The van der Waals surface area contributed by atoms with Crippen molar-refractivity contribution < 1.29 is 52.9 Å². The van der Waals surface area contributed by atoms with Crippen LogP contribution in [0.5, 0.6) is 0 Å². The van der Waals surface area contributed by atoms with Crippen molar-refractivity contribution in [2.24, 2.45) is 0 Å². The summed E-state index contributed by atoms with van der Waals surface area (Å²) in [6, 6.07) is 13.8. The Hall–Kier alpha value is -3.98. The Kier molecular flexibility index (Phi) is 9.61. The first-order valence-electron chi connectivity index (χ1n) is 12.3. The fourth-order valence-electron chi connectivity index (χ4n) is 4.64. The third kappa shape index (κ3) is 6.67. The smallest absolute Gasteiger partial charge is 0.311 e. The number of carbonyl (C=O) groups excluding carboxylic acids is 2. The van der Waals surface area contributed by atoms with Crippen LogP contribution in [0.3, 0.4) is 0 Å². The van der Waals surface area contributed by atoms with Crippen molar-refractivity contribution in [2.75, 3.05) is 16.8 Å². The van der Waals surface area contributed by atoms with E-state index < -0.39 is 52.6 Å². The molecule has 7 nitrogen and oxygen atoms in total. The van der Waals surface area contributed by atoms with E-state index >= 15 is 0 Å². The van der Waals surface area contributed by atoms with E-state index in [0.29, 0.717) is 12.1 Å². The van der Waals surface area contributed by atoms with Gasteiger partial charge in [-0.2, -0.15) is 26.3 Å². The van der Waals surface area contributed by atoms with Crippen molar-refractivity contribution in [1.82, 2.24) is 0 Å². The summed E-state index contributed by atoms with van der Waals surface area (Å²) >= 11 is 0. The molecule has 0 spiro atoms. The summed E-state index contributed by atoms with van der Waals surface area (Å²) in [7, 11) is -2.18. The molecule has 1 unspecified atom stereocenters. The van der Waals surface area contributed by atoms with Crippen molar-refractivity contribution in [2.45, 2.75) is 45.0 Å². The number of halogens is 7. The van der Waals surface area contributed by atoms with E-state index in [-0.39, 0.29) is 33.6 Å². The highest BCUT2D eigenvalue weighted by atomic mass is 32.2. The number of alkyl halides is 7. The van der Waals surface area contributed by atoms with Gasteiger partial charge < -0.3 is 4.90 Å². The lowest BCUT2D eigenvalue weighted by Gasteiger charge is -2.32. The maximum Gasteiger partial charge on any atom is 0.435 e. The number of thiol groups is 1. The molecule has 3 aromatic rings. The van der Waals surface area contributed by atoms with Crippen LogP contribution in [0.25, 0.3) is 0 Å². The van der Waals surface area contributed by atoms with Gasteiger partial charge in [-0.3, -0.25) is 14.5 Å². The summed E-state index contributed by atoms with van der Waals surface area (Å²) in [5.74, 6) is -1.47. The zero-order valence-electron chi connectivity index (χ0n) is 23.0. The summed E-state index contributed by atoms with van der Waals surface area (Å²) in [5, 5.41) is 0. The molecule has 0 heterocycles. The number of hydrogen-bond donors (Lipinski definition) is 1. The summed E-state index contributed by atoms with van der Waals surface area (Å²) in [4.78, 5) is 28.7. The molecule has 43 heavy (non-hydrogen) atoms. The second kappa shape index (κ2) is 12.3. The van der Waals surface area contributed by atoms with Crippen molar-refractivity contribution in [3.05, 3.63) is 94.5 Å². The molecule has 3 aromatic carbocycles. The van der Waals surface area contributed by atoms with Gasteiger partial charge in [0.1, 0.15) is 0 Å². The Morgan fingerprint density at radius 1 is 0.767 bits per heavy atom. The largest absolute Gasteiger partial charge is 0.435 e. The minimum absolute atomic E-state index is 0.0406. The fraction of sp³-hybridized carbons (Fsp3) is 0.286. The first kappa shape index (κ1) is 33.5. The van der Waals surface area contributed by atoms with Gasteiger partial charge in [-0.1, -0.05) is 36.4 Å². The molecule has 232 valence electrons. The third-order valence-corrected chi connectivity index (χ3v) is 7.00. The third-order valence-electron chi connectivity index (χ3n) is 6.52. The first-order valence-corrected chi connectivity index (χ1v) is 13.4. The lowest BCUT2D eigenvalue weighted by molar-refractivity contribution is -0.348. The monoisotopic (exact) mass is 634 g/mol. The van der Waals surface area contributed by atoms with Gasteiger partial charge in [0.05, 0.1) is 0 Å². The lowest BCUT2D eigenvalue weighted by atomic mass is 9.90. The van der Waals surface area contributed by atoms with Crippen molar-refractivity contribution in [3.8, 4) is 0 Å². The van der Waals surface area contributed by atoms with Crippen molar-refractivity contribution in [3.63, 3.8) is 0 Å². The second-order valence-electron chi connectivity index (χ2n) is 9.50. The van der Waals surface area contributed by atoms with E-state index in [9.17, 15) is 48.7 Å². The van der Waals surface area contributed by atoms with Crippen LogP contribution < -0.4 is 9.80 Å². The van der Waals surface area contributed by atoms with Crippen LogP contribution in [0.4, 0.5) is 42.1 Å². The molecule has 0 aliphatic carbocycles. The predicted molar refractivity (Wildman–Crippen MR) is 144 cm³/mol. The first-order chi connectivity index (χ1) is 19.8. The van der Waals surface area contributed by atoms with Gasteiger partial charge in [0.25, 0.3) is 22.8 Å². The lowest BCUT2D eigenvalue weighted by Crippen LogP contribution is -2.50. The number of nitrogens with zero attached hydrogens (tertiary/aromatic N) is 2. The number of amides is 2. The van der Waals surface area contributed by atoms with Crippen LogP contribution in [-0.4, -0.2) is 45.9 Å². The molecular weight excluding hydrogens is 609 g/mol. The van der Waals surface area contributed by atoms with Gasteiger partial charge in [-0.05, 0) is 62.2 Å². The Morgan fingerprint density at radius 2 is 1.28 bits per heavy atom. The number of rotatable bonds is 8. The zero-order valence-corrected chi connectivity index (χ0v) is 23.9. The van der Waals surface area contributed by atoms with E-state index in [1.165, 1.54) is 50.4 Å². The van der Waals surface area contributed by atoms with Gasteiger partial charge in [0.15, 0.2) is 6.23 Å². The normalized spacial score (nSPS) is 13.1. The fourth-order valence-corrected chi connectivity index (χ4v) is 4.98. The number of anilines is 2. The van der Waals surface area contributed by atoms with Crippen molar-refractivity contribution >= 4 is 34.2 Å². The summed E-state index contributed by atoms with van der Waals surface area (Å²) in [5.41, 5.74) is -7.79. The molecule has 0 fully saturated rings. The van der Waals surface area contributed by atoms with Gasteiger partial charge in [0, 0.05) is 35.1 Å². The van der Waals surface area contributed by atoms with Gasteiger partial charge in [-0.25, -0.2) is 17.0 Å². The number of benzene rings is 3. The average molecular weight is 635 g/mol. The standard InChI is InChI=1S/C28H25F7N2O5S/c1-16-13-21(26(29,27(30,31)32)28(33,34)35)14-17(2)23(16)36(4)24(38)20-11-8-12-22(15-20)37(18(3)42-43(40)41)25(39)19-9-6-5-7-10-19/h5-15,18,43H,1-4H3. The molecule has 0 aliphatic rings. The SMILES string of the molecule is Cc1cc(C(F)(C(F)(F)F)C(F)(F)F)cc(C)c1N(C)C(=O)c1cccc(N(C(=O)c2ccccc2)C(C)O[SH](=O)=O)c1. The second-order valence-corrected chi connectivity index (χ2v) is 10.2. The Balaban J connectivity index is 2.05. The van der Waals surface area contributed by atoms with Crippen LogP contribution in [0.15, 0.2) is 66.7 Å². The molecule has 0 aliphatic heterocycles. The van der Waals surface area contributed by atoms with Crippen molar-refractivity contribution in [1.29, 1.82) is 0 Å². The van der Waals surface area contributed by atoms with E-state index in [1.807, 2.05) is 0 Å². The molecule has 15 heteroatoms. The highest BCUT2D eigenvalue weighted by Crippen LogP contribution is 2.54. The molecule has 0 radical (unpaired) electrons. The van der Waals surface area contributed by atoms with Crippen LogP contribution >= 0.6 is 0 Å². The molecular formula is C28H25F7N2O5S. The maximum atomic E-state index is 14.7. The van der Waals surface area contributed by atoms with Crippen LogP contribution in [-0.2, 0) is 20.8 Å². The number of hydrogen-bond acceptors (Lipinski definition) is 5. The number of carbonyl (C=O) groups is 2. The molecule has 2 amide bonds. The molecule has 0 saturated heterocycles. The molecule has 0 saturated carbocycles. The predicted octanol–water partition coefficient (Wildman–Crippen LogP) is 6.41. The number of aryl methyl sites for hydroxylation is 2. The highest BCUT2D eigenvalue weighted by molar-refractivity contribution is 7.67. The van der Waals surface area contributed by atoms with Gasteiger partial charge >= 0.3 is 18.0 Å². The van der Waals surface area contributed by atoms with Crippen LogP contribution in [0.1, 0.15) is 44.3 Å². The average Bonchev–Trinajstić information content (AvgIpc) is 2.90. The summed E-state index contributed by atoms with van der Waals surface area (Å²) < 4.78 is 122. The van der Waals surface area contributed by atoms with E-state index in [0.717, 1.165) is 23.6 Å². The summed E-state index contributed by atoms with van der Waals surface area (Å²) in [6.07, 6.45) is -14.0. The molecule has 3 rings (SSSR count). The maximum absolute atomic E-state index is 14.7. The minimum Gasteiger partial charge on any atom is -0.311 e. The van der Waals surface area contributed by atoms with Gasteiger partial charge in [0.2, 0.25) is 0 Å². The quantitative estimate of drug-likeness (QED) is 0.176. The summed E-state index contributed by atoms with van der Waals surface area (Å²) in [6.45, 7) is 3.54.